The number of nitrogens with zero attached hydrogens (tertiary/aromatic N) is 1. The maximum absolute atomic E-state index is 13.9. The molecule has 3 aromatic rings. The van der Waals surface area contributed by atoms with Crippen molar-refractivity contribution >= 4 is 21.6 Å². The predicted molar refractivity (Wildman–Crippen MR) is 131 cm³/mol. The minimum atomic E-state index is -4.08. The van der Waals surface area contributed by atoms with Crippen LogP contribution in [0.1, 0.15) is 28.8 Å². The molecule has 1 atom stereocenters. The highest BCUT2D eigenvalue weighted by Gasteiger charge is 2.49. The molecule has 0 bridgehead atoms. The molecule has 1 fully saturated rings. The summed E-state index contributed by atoms with van der Waals surface area (Å²) >= 11 is 0. The van der Waals surface area contributed by atoms with Crippen LogP contribution in [0.3, 0.4) is 0 Å². The summed E-state index contributed by atoms with van der Waals surface area (Å²) in [4.78, 5) is 17.4. The largest absolute Gasteiger partial charge is 0.496 e. The first kappa shape index (κ1) is 23.7. The van der Waals surface area contributed by atoms with Crippen LogP contribution in [0.2, 0.25) is 0 Å². The molecule has 3 N–H and O–H groups in total. The van der Waals surface area contributed by atoms with Crippen molar-refractivity contribution in [1.82, 2.24) is 15.6 Å². The number of hydrogen-bond donors (Lipinski definition) is 3. The molecule has 2 aromatic carbocycles. The number of amides is 1. The number of methoxy groups -OCH3 is 1. The number of sulfonamides is 1. The molecule has 2 heterocycles. The lowest BCUT2D eigenvalue weighted by molar-refractivity contribution is 0.0922. The predicted octanol–water partition coefficient (Wildman–Crippen LogP) is 2.91. The molecule has 0 spiro atoms. The standard InChI is InChI=1S/C25H28N4O4S/c1-33-22-10-6-5-9-21(22)23(30)28-24(34(31,32)29-20-11-15-26-16-12-20)25(13-17-27-18-14-25)19-7-3-2-4-8-19/h2-12,15-16,24,27H,13-14,17-18H2,1H3,(H,26,29)(H,28,30). The summed E-state index contributed by atoms with van der Waals surface area (Å²) in [7, 11) is -2.61. The van der Waals surface area contributed by atoms with E-state index in [-0.39, 0.29) is 5.56 Å². The van der Waals surface area contributed by atoms with Crippen molar-refractivity contribution in [1.29, 1.82) is 0 Å². The lowest BCUT2D eigenvalue weighted by atomic mass is 9.72. The van der Waals surface area contributed by atoms with Crippen LogP contribution >= 0.6 is 0 Å². The zero-order valence-electron chi connectivity index (χ0n) is 18.9. The Bertz CT molecular complexity index is 1210. The number of piperidine rings is 1. The van der Waals surface area contributed by atoms with Gasteiger partial charge >= 0.3 is 0 Å². The molecule has 0 aliphatic carbocycles. The molecule has 1 amide bonds. The van der Waals surface area contributed by atoms with Crippen LogP contribution in [0.5, 0.6) is 5.75 Å². The summed E-state index contributed by atoms with van der Waals surface area (Å²) < 4.78 is 35.8. The monoisotopic (exact) mass is 480 g/mol. The Balaban J connectivity index is 1.81. The third kappa shape index (κ3) is 4.90. The van der Waals surface area contributed by atoms with Gasteiger partial charge in [-0.15, -0.1) is 0 Å². The van der Waals surface area contributed by atoms with Gasteiger partial charge in [-0.05, 0) is 55.8 Å². The third-order valence-electron chi connectivity index (χ3n) is 6.21. The van der Waals surface area contributed by atoms with Gasteiger partial charge in [0.1, 0.15) is 5.75 Å². The zero-order chi connectivity index (χ0) is 24.0. The SMILES string of the molecule is COc1ccccc1C(=O)NC(C1(c2ccccc2)CCNCC1)S(=O)(=O)Nc1ccncc1. The molecular formula is C25H28N4O4S. The minimum Gasteiger partial charge on any atom is -0.496 e. The van der Waals surface area contributed by atoms with Crippen LogP contribution in [0, 0.1) is 0 Å². The lowest BCUT2D eigenvalue weighted by Crippen LogP contribution is -2.59. The fourth-order valence-electron chi connectivity index (χ4n) is 4.53. The van der Waals surface area contributed by atoms with E-state index < -0.39 is 26.7 Å². The van der Waals surface area contributed by atoms with Crippen molar-refractivity contribution in [2.45, 2.75) is 23.6 Å². The number of benzene rings is 2. The summed E-state index contributed by atoms with van der Waals surface area (Å²) in [6.07, 6.45) is 4.09. The van der Waals surface area contributed by atoms with Crippen molar-refractivity contribution in [3.63, 3.8) is 0 Å². The number of carbonyl (C=O) groups is 1. The molecule has 1 saturated heterocycles. The van der Waals surface area contributed by atoms with E-state index in [9.17, 15) is 13.2 Å². The van der Waals surface area contributed by atoms with Gasteiger partial charge in [-0.3, -0.25) is 14.5 Å². The molecule has 8 nitrogen and oxygen atoms in total. The van der Waals surface area contributed by atoms with Gasteiger partial charge in [0, 0.05) is 17.8 Å². The smallest absolute Gasteiger partial charge is 0.256 e. The number of anilines is 1. The molecule has 4 rings (SSSR count). The number of nitrogens with one attached hydrogen (secondary N) is 3. The van der Waals surface area contributed by atoms with Gasteiger partial charge in [0.25, 0.3) is 15.9 Å². The van der Waals surface area contributed by atoms with Crippen molar-refractivity contribution in [2.75, 3.05) is 24.9 Å². The number of pyridine rings is 1. The van der Waals surface area contributed by atoms with Gasteiger partial charge in [-0.2, -0.15) is 0 Å². The summed E-state index contributed by atoms with van der Waals surface area (Å²) in [6, 6.07) is 19.4. The number of aromatic nitrogens is 1. The molecule has 1 aliphatic rings. The van der Waals surface area contributed by atoms with Gasteiger partial charge in [-0.1, -0.05) is 42.5 Å². The Morgan fingerprint density at radius 3 is 2.32 bits per heavy atom. The van der Waals surface area contributed by atoms with Gasteiger partial charge < -0.3 is 15.4 Å². The van der Waals surface area contributed by atoms with Gasteiger partial charge in [0.2, 0.25) is 0 Å². The van der Waals surface area contributed by atoms with Crippen molar-refractivity contribution in [3.05, 3.63) is 90.3 Å². The van der Waals surface area contributed by atoms with E-state index in [2.05, 4.69) is 20.3 Å². The molecule has 1 aromatic heterocycles. The normalized spacial score (nSPS) is 16.3. The van der Waals surface area contributed by atoms with Gasteiger partial charge in [0.15, 0.2) is 5.37 Å². The van der Waals surface area contributed by atoms with E-state index in [1.807, 2.05) is 30.3 Å². The molecule has 0 saturated carbocycles. The first-order chi connectivity index (χ1) is 16.5. The third-order valence-corrected chi connectivity index (χ3v) is 7.92. The van der Waals surface area contributed by atoms with E-state index in [1.54, 1.807) is 36.4 Å². The van der Waals surface area contributed by atoms with Crippen molar-refractivity contribution in [2.24, 2.45) is 0 Å². The van der Waals surface area contributed by atoms with Crippen LogP contribution in [0.25, 0.3) is 0 Å². The first-order valence-electron chi connectivity index (χ1n) is 11.1. The van der Waals surface area contributed by atoms with Crippen LogP contribution in [0.4, 0.5) is 5.69 Å². The molecule has 178 valence electrons. The summed E-state index contributed by atoms with van der Waals surface area (Å²) in [5.74, 6) is -0.145. The maximum Gasteiger partial charge on any atom is 0.256 e. The fourth-order valence-corrected chi connectivity index (χ4v) is 6.34. The van der Waals surface area contributed by atoms with Crippen LogP contribution in [-0.4, -0.2) is 44.9 Å². The lowest BCUT2D eigenvalue weighted by Gasteiger charge is -2.43. The van der Waals surface area contributed by atoms with Gasteiger partial charge in [-0.25, -0.2) is 8.42 Å². The second-order valence-electron chi connectivity index (χ2n) is 8.21. The van der Waals surface area contributed by atoms with Crippen LogP contribution in [0.15, 0.2) is 79.1 Å². The average molecular weight is 481 g/mol. The average Bonchev–Trinajstić information content (AvgIpc) is 2.88. The highest BCUT2D eigenvalue weighted by atomic mass is 32.2. The Kier molecular flexibility index (Phi) is 7.14. The van der Waals surface area contributed by atoms with Crippen molar-refractivity contribution in [3.8, 4) is 5.75 Å². The number of para-hydroxylation sites is 1. The van der Waals surface area contributed by atoms with E-state index >= 15 is 0 Å². The molecular weight excluding hydrogens is 452 g/mol. The Hall–Kier alpha value is -3.43. The number of hydrogen-bond acceptors (Lipinski definition) is 6. The second kappa shape index (κ2) is 10.2. The number of rotatable bonds is 8. The minimum absolute atomic E-state index is 0.270. The van der Waals surface area contributed by atoms with E-state index in [1.165, 1.54) is 19.5 Å². The number of ether oxygens (including phenoxy) is 1. The fraction of sp³-hybridized carbons (Fsp3) is 0.280. The van der Waals surface area contributed by atoms with Crippen LogP contribution in [-0.2, 0) is 15.4 Å². The molecule has 1 aliphatic heterocycles. The summed E-state index contributed by atoms with van der Waals surface area (Å²) in [5, 5.41) is 4.94. The quantitative estimate of drug-likeness (QED) is 0.457. The van der Waals surface area contributed by atoms with Gasteiger partial charge in [0.05, 0.1) is 18.4 Å². The Labute approximate surface area is 199 Å². The maximum atomic E-state index is 13.9. The van der Waals surface area contributed by atoms with Crippen molar-refractivity contribution < 1.29 is 17.9 Å². The number of carbonyl (C=O) groups excluding carboxylic acids is 1. The topological polar surface area (TPSA) is 109 Å². The van der Waals surface area contributed by atoms with Crippen LogP contribution < -0.4 is 20.1 Å². The Morgan fingerprint density at radius 2 is 1.65 bits per heavy atom. The summed E-state index contributed by atoms with van der Waals surface area (Å²) in [6.45, 7) is 1.25. The van der Waals surface area contributed by atoms with E-state index in [4.69, 9.17) is 4.74 Å². The molecule has 0 radical (unpaired) electrons. The molecule has 9 heteroatoms. The highest BCUT2D eigenvalue weighted by Crippen LogP contribution is 2.40. The molecule has 1 unspecified atom stereocenters. The molecule has 34 heavy (non-hydrogen) atoms. The summed E-state index contributed by atoms with van der Waals surface area (Å²) in [5.41, 5.74) is 0.667. The first-order valence-corrected chi connectivity index (χ1v) is 12.6. The zero-order valence-corrected chi connectivity index (χ0v) is 19.7. The van der Waals surface area contributed by atoms with E-state index in [0.29, 0.717) is 37.4 Å². The van der Waals surface area contributed by atoms with E-state index in [0.717, 1.165) is 5.56 Å². The Morgan fingerprint density at radius 1 is 1.00 bits per heavy atom. The highest BCUT2D eigenvalue weighted by molar-refractivity contribution is 7.93. The second-order valence-corrected chi connectivity index (χ2v) is 9.97.